The molecular formula is C12H17Cl2NO3S. The summed E-state index contributed by atoms with van der Waals surface area (Å²) in [7, 11) is -3.04. The Bertz CT molecular complexity index is 517. The maximum Gasteiger partial charge on any atom is 0.232 e. The van der Waals surface area contributed by atoms with Crippen molar-refractivity contribution in [2.45, 2.75) is 30.1 Å². The molecule has 0 N–H and O–H groups in total. The molecule has 0 spiro atoms. The van der Waals surface area contributed by atoms with Crippen molar-refractivity contribution in [3.8, 4) is 0 Å². The number of halogens is 2. The second kappa shape index (κ2) is 4.64. The average molecular weight is 326 g/mol. The van der Waals surface area contributed by atoms with Crippen molar-refractivity contribution in [3.05, 3.63) is 12.7 Å². The maximum absolute atomic E-state index is 12.5. The number of nitrogens with zero attached hydrogens (tertiary/aromatic N) is 1. The van der Waals surface area contributed by atoms with Crippen molar-refractivity contribution in [1.82, 2.24) is 4.90 Å². The highest BCUT2D eigenvalue weighted by Crippen LogP contribution is 2.64. The number of alkyl halides is 2. The van der Waals surface area contributed by atoms with Gasteiger partial charge in [-0.05, 0) is 19.8 Å². The molecule has 0 aromatic heterocycles. The average Bonchev–Trinajstić information content (AvgIpc) is 2.64. The molecular weight excluding hydrogens is 309 g/mol. The number of carbonyl (C=O) groups is 1. The molecule has 2 fully saturated rings. The van der Waals surface area contributed by atoms with Crippen molar-refractivity contribution in [3.63, 3.8) is 0 Å². The predicted octanol–water partition coefficient (Wildman–Crippen LogP) is 1.77. The van der Waals surface area contributed by atoms with Crippen LogP contribution >= 0.6 is 23.2 Å². The Kier molecular flexibility index (Phi) is 3.69. The molecule has 0 aromatic carbocycles. The topological polar surface area (TPSA) is 54.5 Å². The summed E-state index contributed by atoms with van der Waals surface area (Å²) >= 11 is 12.0. The highest BCUT2D eigenvalue weighted by Gasteiger charge is 2.69. The van der Waals surface area contributed by atoms with Crippen LogP contribution in [-0.2, 0) is 14.6 Å². The van der Waals surface area contributed by atoms with Crippen LogP contribution < -0.4 is 0 Å². The molecule has 1 aliphatic carbocycles. The molecule has 1 aliphatic heterocycles. The van der Waals surface area contributed by atoms with Crippen LogP contribution in [0.15, 0.2) is 12.7 Å². The summed E-state index contributed by atoms with van der Waals surface area (Å²) in [6, 6.07) is -0.294. The summed E-state index contributed by atoms with van der Waals surface area (Å²) in [6.07, 6.45) is 2.46. The quantitative estimate of drug-likeness (QED) is 0.584. The van der Waals surface area contributed by atoms with Gasteiger partial charge >= 0.3 is 0 Å². The first-order valence-corrected chi connectivity index (χ1v) is 8.71. The number of amides is 1. The Morgan fingerprint density at radius 1 is 1.53 bits per heavy atom. The van der Waals surface area contributed by atoms with Crippen LogP contribution in [0.5, 0.6) is 0 Å². The first-order valence-electron chi connectivity index (χ1n) is 6.13. The SMILES string of the molecule is C=CCN(C(=O)C1(C)CC1(Cl)Cl)C1CCS(=O)(=O)C1. The number of hydrogen-bond donors (Lipinski definition) is 0. The molecule has 1 amide bonds. The molecule has 0 bridgehead atoms. The van der Waals surface area contributed by atoms with Crippen molar-refractivity contribution < 1.29 is 13.2 Å². The minimum atomic E-state index is -3.04. The van der Waals surface area contributed by atoms with Crippen LogP contribution in [-0.4, -0.2) is 47.7 Å². The second-order valence-electron chi connectivity index (χ2n) is 5.52. The zero-order chi connectivity index (χ0) is 14.5. The standard InChI is InChI=1S/C12H17Cl2NO3S/c1-3-5-15(9-4-6-19(17,18)7-9)10(16)11(2)8-12(11,13)14/h3,9H,1,4-8H2,2H3. The Labute approximate surface area is 123 Å². The third-order valence-corrected chi connectivity index (χ3v) is 6.82. The fraction of sp³-hybridized carbons (Fsp3) is 0.750. The molecule has 7 heteroatoms. The molecule has 19 heavy (non-hydrogen) atoms. The van der Waals surface area contributed by atoms with Crippen molar-refractivity contribution in [2.75, 3.05) is 18.1 Å². The lowest BCUT2D eigenvalue weighted by atomic mass is 10.1. The molecule has 2 atom stereocenters. The molecule has 2 rings (SSSR count). The molecule has 1 saturated heterocycles. The molecule has 0 aromatic rings. The van der Waals surface area contributed by atoms with Crippen LogP contribution in [0.3, 0.4) is 0 Å². The minimum absolute atomic E-state index is 0.0141. The van der Waals surface area contributed by atoms with E-state index < -0.39 is 19.6 Å². The normalized spacial score (nSPS) is 34.8. The lowest BCUT2D eigenvalue weighted by Crippen LogP contribution is -2.45. The van der Waals surface area contributed by atoms with Crippen LogP contribution in [0.4, 0.5) is 0 Å². The molecule has 0 radical (unpaired) electrons. The van der Waals surface area contributed by atoms with E-state index >= 15 is 0 Å². The molecule has 1 saturated carbocycles. The van der Waals surface area contributed by atoms with Gasteiger partial charge in [0.15, 0.2) is 9.84 Å². The Hall–Kier alpha value is -0.260. The zero-order valence-electron chi connectivity index (χ0n) is 10.7. The maximum atomic E-state index is 12.5. The van der Waals surface area contributed by atoms with E-state index in [0.717, 1.165) is 0 Å². The Morgan fingerprint density at radius 3 is 2.47 bits per heavy atom. The second-order valence-corrected chi connectivity index (χ2v) is 9.23. The van der Waals surface area contributed by atoms with Gasteiger partial charge < -0.3 is 4.90 Å². The molecule has 108 valence electrons. The van der Waals surface area contributed by atoms with E-state index in [1.807, 2.05) is 0 Å². The van der Waals surface area contributed by atoms with Crippen LogP contribution in [0.25, 0.3) is 0 Å². The van der Waals surface area contributed by atoms with E-state index in [0.29, 0.717) is 19.4 Å². The van der Waals surface area contributed by atoms with E-state index in [2.05, 4.69) is 6.58 Å². The van der Waals surface area contributed by atoms with Crippen LogP contribution in [0.1, 0.15) is 19.8 Å². The van der Waals surface area contributed by atoms with Crippen molar-refractivity contribution >= 4 is 38.9 Å². The van der Waals surface area contributed by atoms with Crippen LogP contribution in [0.2, 0.25) is 0 Å². The highest BCUT2D eigenvalue weighted by atomic mass is 35.5. The fourth-order valence-corrected chi connectivity index (χ4v) is 4.93. The van der Waals surface area contributed by atoms with E-state index in [1.54, 1.807) is 17.9 Å². The highest BCUT2D eigenvalue weighted by molar-refractivity contribution is 7.91. The monoisotopic (exact) mass is 325 g/mol. The third kappa shape index (κ3) is 2.65. The van der Waals surface area contributed by atoms with Gasteiger partial charge in [-0.2, -0.15) is 0 Å². The van der Waals surface area contributed by atoms with E-state index in [4.69, 9.17) is 23.2 Å². The third-order valence-electron chi connectivity index (χ3n) is 3.97. The summed E-state index contributed by atoms with van der Waals surface area (Å²) in [6.45, 7) is 5.66. The summed E-state index contributed by atoms with van der Waals surface area (Å²) in [4.78, 5) is 14.1. The van der Waals surface area contributed by atoms with Gasteiger partial charge in [0.1, 0.15) is 4.33 Å². The smallest absolute Gasteiger partial charge is 0.232 e. The van der Waals surface area contributed by atoms with Gasteiger partial charge in [0.25, 0.3) is 0 Å². The number of carbonyl (C=O) groups excluding carboxylic acids is 1. The van der Waals surface area contributed by atoms with Crippen molar-refractivity contribution in [2.24, 2.45) is 5.41 Å². The van der Waals surface area contributed by atoms with E-state index in [-0.39, 0.29) is 23.5 Å². The zero-order valence-corrected chi connectivity index (χ0v) is 13.1. The molecule has 2 unspecified atom stereocenters. The lowest BCUT2D eigenvalue weighted by Gasteiger charge is -2.30. The molecule has 4 nitrogen and oxygen atoms in total. The Balaban J connectivity index is 2.18. The van der Waals surface area contributed by atoms with Gasteiger partial charge in [-0.15, -0.1) is 29.8 Å². The predicted molar refractivity (Wildman–Crippen MR) is 76.1 cm³/mol. The van der Waals surface area contributed by atoms with Gasteiger partial charge in [0.2, 0.25) is 5.91 Å². The number of sulfone groups is 1. The summed E-state index contributed by atoms with van der Waals surface area (Å²) in [5.41, 5.74) is -0.814. The van der Waals surface area contributed by atoms with Crippen molar-refractivity contribution in [1.29, 1.82) is 0 Å². The van der Waals surface area contributed by atoms with Crippen LogP contribution in [0, 0.1) is 5.41 Å². The van der Waals surface area contributed by atoms with Gasteiger partial charge in [-0.3, -0.25) is 4.79 Å². The fourth-order valence-electron chi connectivity index (χ4n) is 2.51. The molecule has 1 heterocycles. The van der Waals surface area contributed by atoms with E-state index in [1.165, 1.54) is 0 Å². The first kappa shape index (κ1) is 15.1. The largest absolute Gasteiger partial charge is 0.334 e. The summed E-state index contributed by atoms with van der Waals surface area (Å²) in [5, 5.41) is 0. The van der Waals surface area contributed by atoms with Gasteiger partial charge in [-0.25, -0.2) is 8.42 Å². The van der Waals surface area contributed by atoms with Gasteiger partial charge in [0, 0.05) is 12.6 Å². The lowest BCUT2D eigenvalue weighted by molar-refractivity contribution is -0.137. The van der Waals surface area contributed by atoms with E-state index in [9.17, 15) is 13.2 Å². The number of rotatable bonds is 4. The number of hydrogen-bond acceptors (Lipinski definition) is 3. The summed E-state index contributed by atoms with van der Waals surface area (Å²) < 4.78 is 22.1. The van der Waals surface area contributed by atoms with Gasteiger partial charge in [-0.1, -0.05) is 6.08 Å². The first-order chi connectivity index (χ1) is 8.63. The minimum Gasteiger partial charge on any atom is -0.334 e. The molecule has 2 aliphatic rings. The Morgan fingerprint density at radius 2 is 2.11 bits per heavy atom. The van der Waals surface area contributed by atoms with Gasteiger partial charge in [0.05, 0.1) is 16.9 Å². The summed E-state index contributed by atoms with van der Waals surface area (Å²) in [5.74, 6) is -0.0397.